The van der Waals surface area contributed by atoms with E-state index in [1.807, 2.05) is 24.3 Å². The highest BCUT2D eigenvalue weighted by Crippen LogP contribution is 2.15. The van der Waals surface area contributed by atoms with Gasteiger partial charge in [-0.1, -0.05) is 12.1 Å². The molecule has 1 aliphatic heterocycles. The molecule has 2 aromatic rings. The topological polar surface area (TPSA) is 79.0 Å². The Kier molecular flexibility index (Phi) is 7.58. The van der Waals surface area contributed by atoms with Crippen molar-refractivity contribution in [2.45, 2.75) is 17.9 Å². The maximum atomic E-state index is 13.3. The average Bonchev–Trinajstić information content (AvgIpc) is 2.76. The fraction of sp³-hybridized carbons (Fsp3) is 0.381. The van der Waals surface area contributed by atoms with Crippen LogP contribution in [0.25, 0.3) is 0 Å². The van der Waals surface area contributed by atoms with E-state index in [2.05, 4.69) is 9.62 Å². The smallest absolute Gasteiger partial charge is 0.240 e. The van der Waals surface area contributed by atoms with E-state index in [1.54, 1.807) is 12.0 Å². The van der Waals surface area contributed by atoms with E-state index in [-0.39, 0.29) is 23.8 Å². The van der Waals surface area contributed by atoms with Gasteiger partial charge in [0.25, 0.3) is 0 Å². The predicted octanol–water partition coefficient (Wildman–Crippen LogP) is 1.99. The van der Waals surface area contributed by atoms with Gasteiger partial charge in [-0.15, -0.1) is 0 Å². The van der Waals surface area contributed by atoms with Gasteiger partial charge in [0.05, 0.1) is 12.0 Å². The van der Waals surface area contributed by atoms with Gasteiger partial charge in [0.2, 0.25) is 15.9 Å². The summed E-state index contributed by atoms with van der Waals surface area (Å²) in [5, 5.41) is 0. The van der Waals surface area contributed by atoms with E-state index in [4.69, 9.17) is 4.74 Å². The molecular weight excluding hydrogens is 428 g/mol. The van der Waals surface area contributed by atoms with E-state index in [1.165, 1.54) is 0 Å². The Morgan fingerprint density at radius 2 is 1.71 bits per heavy atom. The number of methoxy groups -OCH3 is 1. The van der Waals surface area contributed by atoms with Crippen molar-refractivity contribution in [3.8, 4) is 5.75 Å². The maximum Gasteiger partial charge on any atom is 0.240 e. The summed E-state index contributed by atoms with van der Waals surface area (Å²) < 4.78 is 58.0. The lowest BCUT2D eigenvalue weighted by Crippen LogP contribution is -2.48. The van der Waals surface area contributed by atoms with Crippen molar-refractivity contribution in [3.63, 3.8) is 0 Å². The largest absolute Gasteiger partial charge is 0.497 e. The molecule has 0 atom stereocenters. The van der Waals surface area contributed by atoms with Crippen molar-refractivity contribution in [2.75, 3.05) is 39.8 Å². The number of hydrogen-bond donors (Lipinski definition) is 1. The first-order valence-corrected chi connectivity index (χ1v) is 11.3. The lowest BCUT2D eigenvalue weighted by atomic mass is 10.2. The maximum absolute atomic E-state index is 13.3. The minimum Gasteiger partial charge on any atom is -0.497 e. The number of carbonyl (C=O) groups is 1. The Morgan fingerprint density at radius 1 is 1.03 bits per heavy atom. The van der Waals surface area contributed by atoms with E-state index in [9.17, 15) is 22.0 Å². The number of nitrogens with zero attached hydrogens (tertiary/aromatic N) is 2. The second kappa shape index (κ2) is 10.2. The monoisotopic (exact) mass is 453 g/mol. The van der Waals surface area contributed by atoms with Crippen LogP contribution in [-0.2, 0) is 21.4 Å². The molecule has 0 aliphatic carbocycles. The molecule has 1 N–H and O–H groups in total. The highest BCUT2D eigenvalue weighted by atomic mass is 32.2. The third-order valence-electron chi connectivity index (χ3n) is 5.12. The van der Waals surface area contributed by atoms with Crippen molar-refractivity contribution in [3.05, 3.63) is 59.7 Å². The van der Waals surface area contributed by atoms with Crippen molar-refractivity contribution < 1.29 is 26.7 Å². The Bertz CT molecular complexity index is 1010. The Hall–Kier alpha value is -2.56. The highest BCUT2D eigenvalue weighted by molar-refractivity contribution is 7.89. The molecule has 0 spiro atoms. The van der Waals surface area contributed by atoms with E-state index >= 15 is 0 Å². The van der Waals surface area contributed by atoms with E-state index < -0.39 is 21.7 Å². The van der Waals surface area contributed by atoms with Gasteiger partial charge in [0.1, 0.15) is 5.75 Å². The Balaban J connectivity index is 1.42. The molecule has 31 heavy (non-hydrogen) atoms. The minimum atomic E-state index is -4.02. The van der Waals surface area contributed by atoms with Gasteiger partial charge in [-0.3, -0.25) is 9.69 Å². The summed E-state index contributed by atoms with van der Waals surface area (Å²) in [5.74, 6) is -1.72. The predicted molar refractivity (Wildman–Crippen MR) is 111 cm³/mol. The third-order valence-corrected chi connectivity index (χ3v) is 6.58. The fourth-order valence-electron chi connectivity index (χ4n) is 3.32. The molecule has 1 amide bonds. The van der Waals surface area contributed by atoms with E-state index in [0.717, 1.165) is 43.1 Å². The minimum absolute atomic E-state index is 0.0125. The van der Waals surface area contributed by atoms with Crippen molar-refractivity contribution in [1.29, 1.82) is 0 Å². The number of hydrogen-bond acceptors (Lipinski definition) is 5. The normalized spacial score (nSPS) is 15.1. The van der Waals surface area contributed by atoms with Crippen LogP contribution in [0.5, 0.6) is 5.75 Å². The van der Waals surface area contributed by atoms with Crippen LogP contribution in [0.2, 0.25) is 0 Å². The van der Waals surface area contributed by atoms with Crippen LogP contribution in [0.3, 0.4) is 0 Å². The molecule has 1 saturated heterocycles. The summed E-state index contributed by atoms with van der Waals surface area (Å²) >= 11 is 0. The molecule has 1 fully saturated rings. The van der Waals surface area contributed by atoms with Crippen molar-refractivity contribution in [2.24, 2.45) is 0 Å². The summed E-state index contributed by atoms with van der Waals surface area (Å²) in [4.78, 5) is 16.0. The highest BCUT2D eigenvalue weighted by Gasteiger charge is 2.22. The molecular formula is C21H25F2N3O4S. The number of halogens is 2. The molecule has 7 nitrogen and oxygen atoms in total. The third kappa shape index (κ3) is 6.22. The molecule has 0 saturated carbocycles. The van der Waals surface area contributed by atoms with Gasteiger partial charge in [0.15, 0.2) is 11.6 Å². The summed E-state index contributed by atoms with van der Waals surface area (Å²) in [7, 11) is -2.40. The van der Waals surface area contributed by atoms with Crippen LogP contribution in [0.15, 0.2) is 47.4 Å². The van der Waals surface area contributed by atoms with Crippen molar-refractivity contribution >= 4 is 15.9 Å². The lowest BCUT2D eigenvalue weighted by molar-refractivity contribution is -0.132. The van der Waals surface area contributed by atoms with Crippen LogP contribution in [0, 0.1) is 11.6 Å². The van der Waals surface area contributed by atoms with Crippen LogP contribution >= 0.6 is 0 Å². The number of sulfonamides is 1. The Labute approximate surface area is 180 Å². The molecule has 10 heteroatoms. The standard InChI is InChI=1S/C21H25F2N3O4S/c1-30-17-4-2-16(3-5-17)15-25-10-12-26(13-11-25)21(27)8-9-24-31(28,29)18-6-7-19(22)20(23)14-18/h2-7,14,24H,8-13,15H2,1H3. The zero-order valence-electron chi connectivity index (χ0n) is 17.2. The summed E-state index contributed by atoms with van der Waals surface area (Å²) in [6.45, 7) is 3.22. The Morgan fingerprint density at radius 3 is 2.32 bits per heavy atom. The quantitative estimate of drug-likeness (QED) is 0.662. The second-order valence-corrected chi connectivity index (χ2v) is 9.00. The first kappa shape index (κ1) is 23.1. The number of benzene rings is 2. The summed E-state index contributed by atoms with van der Waals surface area (Å²) in [5.41, 5.74) is 1.16. The second-order valence-electron chi connectivity index (χ2n) is 7.23. The number of ether oxygens (including phenoxy) is 1. The van der Waals surface area contributed by atoms with Gasteiger partial charge in [-0.25, -0.2) is 21.9 Å². The SMILES string of the molecule is COc1ccc(CN2CCN(C(=O)CCNS(=O)(=O)c3ccc(F)c(F)c3)CC2)cc1. The summed E-state index contributed by atoms with van der Waals surface area (Å²) in [6, 6.07) is 10.2. The van der Waals surface area contributed by atoms with Gasteiger partial charge < -0.3 is 9.64 Å². The van der Waals surface area contributed by atoms with Crippen LogP contribution in [0.4, 0.5) is 8.78 Å². The fourth-order valence-corrected chi connectivity index (χ4v) is 4.37. The van der Waals surface area contributed by atoms with Gasteiger partial charge in [0, 0.05) is 45.7 Å². The molecule has 1 heterocycles. The van der Waals surface area contributed by atoms with Gasteiger partial charge in [-0.2, -0.15) is 0 Å². The molecule has 1 aliphatic rings. The molecule has 3 rings (SSSR count). The molecule has 2 aromatic carbocycles. The van der Waals surface area contributed by atoms with Crippen LogP contribution in [0.1, 0.15) is 12.0 Å². The molecule has 0 aromatic heterocycles. The molecule has 0 bridgehead atoms. The number of piperazine rings is 1. The number of amides is 1. The first-order valence-electron chi connectivity index (χ1n) is 9.86. The average molecular weight is 454 g/mol. The summed E-state index contributed by atoms with van der Waals surface area (Å²) in [6.07, 6.45) is -0.0125. The zero-order valence-corrected chi connectivity index (χ0v) is 18.0. The molecule has 0 unspecified atom stereocenters. The van der Waals surface area contributed by atoms with Crippen molar-refractivity contribution in [1.82, 2.24) is 14.5 Å². The van der Waals surface area contributed by atoms with E-state index in [0.29, 0.717) is 19.2 Å². The zero-order chi connectivity index (χ0) is 22.4. The van der Waals surface area contributed by atoms with Crippen LogP contribution < -0.4 is 9.46 Å². The number of rotatable bonds is 8. The van der Waals surface area contributed by atoms with Gasteiger partial charge >= 0.3 is 0 Å². The number of nitrogens with one attached hydrogen (secondary N) is 1. The number of carbonyl (C=O) groups excluding carboxylic acids is 1. The van der Waals surface area contributed by atoms with Gasteiger partial charge in [-0.05, 0) is 35.9 Å². The first-order chi connectivity index (χ1) is 14.8. The lowest BCUT2D eigenvalue weighted by Gasteiger charge is -2.34. The van der Waals surface area contributed by atoms with Crippen LogP contribution in [-0.4, -0.2) is 64.0 Å². The molecule has 168 valence electrons. The molecule has 0 radical (unpaired) electrons.